The van der Waals surface area contributed by atoms with Crippen molar-refractivity contribution in [1.29, 1.82) is 5.26 Å². The molecule has 0 unspecified atom stereocenters. The summed E-state index contributed by atoms with van der Waals surface area (Å²) in [4.78, 5) is 28.3. The number of nitrogens with one attached hydrogen (secondary N) is 1. The zero-order valence-corrected chi connectivity index (χ0v) is 18.3. The van der Waals surface area contributed by atoms with Crippen LogP contribution in [0.3, 0.4) is 0 Å². The summed E-state index contributed by atoms with van der Waals surface area (Å²) in [6, 6.07) is 15.7. The predicted molar refractivity (Wildman–Crippen MR) is 124 cm³/mol. The standard InChI is InChI=1S/C26H17F3N4O2/c1-16-5-6-21(32-25(35)17-3-2-4-20(12-17)26(27,28)29)13-23(16)19-11-18(14-30)24(31-15-19)33-9-7-22(34)8-10-33/h2-13,15H,1H3,(H,32,35). The Labute approximate surface area is 197 Å². The number of alkyl halides is 3. The van der Waals surface area contributed by atoms with Gasteiger partial charge in [-0.1, -0.05) is 12.1 Å². The molecule has 4 rings (SSSR count). The molecule has 2 aromatic carbocycles. The average Bonchev–Trinajstić information content (AvgIpc) is 2.85. The van der Waals surface area contributed by atoms with E-state index in [0.717, 1.165) is 17.7 Å². The van der Waals surface area contributed by atoms with Crippen molar-refractivity contribution in [2.24, 2.45) is 0 Å². The maximum atomic E-state index is 13.0. The lowest BCUT2D eigenvalue weighted by Gasteiger charge is -2.13. The Morgan fingerprint density at radius 2 is 1.80 bits per heavy atom. The van der Waals surface area contributed by atoms with E-state index >= 15 is 0 Å². The van der Waals surface area contributed by atoms with Crippen LogP contribution in [0, 0.1) is 18.3 Å². The number of rotatable bonds is 4. The van der Waals surface area contributed by atoms with Crippen molar-refractivity contribution in [3.8, 4) is 23.0 Å². The number of anilines is 1. The van der Waals surface area contributed by atoms with Gasteiger partial charge in [-0.25, -0.2) is 4.98 Å². The lowest BCUT2D eigenvalue weighted by molar-refractivity contribution is -0.137. The molecule has 0 bridgehead atoms. The predicted octanol–water partition coefficient (Wildman–Crippen LogP) is 5.35. The minimum atomic E-state index is -4.56. The molecule has 9 heteroatoms. The van der Waals surface area contributed by atoms with Crippen molar-refractivity contribution in [2.75, 3.05) is 5.32 Å². The van der Waals surface area contributed by atoms with Crippen LogP contribution in [-0.2, 0) is 6.18 Å². The second-order valence-electron chi connectivity index (χ2n) is 7.71. The van der Waals surface area contributed by atoms with Gasteiger partial charge >= 0.3 is 6.18 Å². The summed E-state index contributed by atoms with van der Waals surface area (Å²) in [6.45, 7) is 1.84. The van der Waals surface area contributed by atoms with Crippen LogP contribution in [0.2, 0.25) is 0 Å². The van der Waals surface area contributed by atoms with Crippen LogP contribution >= 0.6 is 0 Å². The van der Waals surface area contributed by atoms with Crippen molar-refractivity contribution in [1.82, 2.24) is 9.55 Å². The highest BCUT2D eigenvalue weighted by Crippen LogP contribution is 2.31. The summed E-state index contributed by atoms with van der Waals surface area (Å²) < 4.78 is 40.5. The van der Waals surface area contributed by atoms with Crippen molar-refractivity contribution in [3.63, 3.8) is 0 Å². The maximum absolute atomic E-state index is 13.0. The fourth-order valence-corrected chi connectivity index (χ4v) is 3.50. The first-order chi connectivity index (χ1) is 16.7. The van der Waals surface area contributed by atoms with Crippen LogP contribution in [0.4, 0.5) is 18.9 Å². The molecular formula is C26H17F3N4O2. The number of aromatic nitrogens is 2. The maximum Gasteiger partial charge on any atom is 0.416 e. The van der Waals surface area contributed by atoms with Gasteiger partial charge < -0.3 is 9.88 Å². The monoisotopic (exact) mass is 474 g/mol. The molecule has 0 atom stereocenters. The van der Waals surface area contributed by atoms with E-state index in [0.29, 0.717) is 22.6 Å². The smallest absolute Gasteiger partial charge is 0.322 e. The summed E-state index contributed by atoms with van der Waals surface area (Å²) in [6.07, 6.45) is 0.0377. The molecule has 0 fully saturated rings. The van der Waals surface area contributed by atoms with E-state index in [1.807, 2.05) is 6.92 Å². The van der Waals surface area contributed by atoms with Crippen molar-refractivity contribution in [3.05, 3.63) is 112 Å². The zero-order chi connectivity index (χ0) is 25.2. The van der Waals surface area contributed by atoms with Gasteiger partial charge in [0.25, 0.3) is 5.91 Å². The molecule has 6 nitrogen and oxygen atoms in total. The topological polar surface area (TPSA) is 87.8 Å². The molecule has 0 aliphatic carbocycles. The Hall–Kier alpha value is -4.71. The van der Waals surface area contributed by atoms with Gasteiger partial charge in [0.1, 0.15) is 6.07 Å². The molecule has 174 valence electrons. The van der Waals surface area contributed by atoms with E-state index in [2.05, 4.69) is 16.4 Å². The van der Waals surface area contributed by atoms with Gasteiger partial charge in [-0.15, -0.1) is 0 Å². The number of nitriles is 1. The van der Waals surface area contributed by atoms with Gasteiger partial charge in [-0.3, -0.25) is 9.59 Å². The number of carbonyl (C=O) groups is 1. The number of amides is 1. The lowest BCUT2D eigenvalue weighted by atomic mass is 10.00. The van der Waals surface area contributed by atoms with Crippen LogP contribution in [0.5, 0.6) is 0 Å². The molecule has 0 aliphatic heterocycles. The number of hydrogen-bond donors (Lipinski definition) is 1. The van der Waals surface area contributed by atoms with E-state index in [1.165, 1.54) is 36.7 Å². The first kappa shape index (κ1) is 23.4. The molecule has 35 heavy (non-hydrogen) atoms. The number of aryl methyl sites for hydroxylation is 1. The van der Waals surface area contributed by atoms with Crippen LogP contribution in [-0.4, -0.2) is 15.5 Å². The lowest BCUT2D eigenvalue weighted by Crippen LogP contribution is -2.14. The average molecular weight is 474 g/mol. The van der Waals surface area contributed by atoms with E-state index < -0.39 is 17.6 Å². The van der Waals surface area contributed by atoms with Crippen LogP contribution in [0.1, 0.15) is 27.0 Å². The third kappa shape index (κ3) is 5.12. The molecule has 2 aromatic heterocycles. The fourth-order valence-electron chi connectivity index (χ4n) is 3.50. The van der Waals surface area contributed by atoms with Gasteiger partial charge in [0.05, 0.1) is 11.1 Å². The highest BCUT2D eigenvalue weighted by molar-refractivity contribution is 6.04. The van der Waals surface area contributed by atoms with Gasteiger partial charge in [-0.05, 0) is 54.4 Å². The molecule has 0 saturated carbocycles. The van der Waals surface area contributed by atoms with Crippen molar-refractivity contribution < 1.29 is 18.0 Å². The SMILES string of the molecule is Cc1ccc(NC(=O)c2cccc(C(F)(F)F)c2)cc1-c1cnc(-n2ccc(=O)cc2)c(C#N)c1. The van der Waals surface area contributed by atoms with Crippen LogP contribution in [0.15, 0.2) is 84.0 Å². The molecule has 0 aliphatic rings. The number of halogens is 3. The molecule has 0 radical (unpaired) electrons. The molecular weight excluding hydrogens is 457 g/mol. The third-order valence-corrected chi connectivity index (χ3v) is 5.29. The number of carbonyl (C=O) groups excluding carboxylic acids is 1. The number of benzene rings is 2. The Kier molecular flexibility index (Phi) is 6.21. The first-order valence-electron chi connectivity index (χ1n) is 10.3. The van der Waals surface area contributed by atoms with Gasteiger partial charge in [-0.2, -0.15) is 18.4 Å². The Balaban J connectivity index is 1.65. The second kappa shape index (κ2) is 9.27. The van der Waals surface area contributed by atoms with Crippen LogP contribution < -0.4 is 10.7 Å². The summed E-state index contributed by atoms with van der Waals surface area (Å²) in [7, 11) is 0. The normalized spacial score (nSPS) is 11.1. The minimum absolute atomic E-state index is 0.124. The van der Waals surface area contributed by atoms with Gasteiger partial charge in [0.2, 0.25) is 0 Å². The summed E-state index contributed by atoms with van der Waals surface area (Å²) in [5.74, 6) is -0.335. The van der Waals surface area contributed by atoms with Crippen LogP contribution in [0.25, 0.3) is 16.9 Å². The number of pyridine rings is 2. The minimum Gasteiger partial charge on any atom is -0.322 e. The van der Waals surface area contributed by atoms with Crippen molar-refractivity contribution >= 4 is 11.6 Å². The summed E-state index contributed by atoms with van der Waals surface area (Å²) >= 11 is 0. The quantitative estimate of drug-likeness (QED) is 0.432. The Morgan fingerprint density at radius 3 is 2.49 bits per heavy atom. The molecule has 2 heterocycles. The molecule has 0 saturated heterocycles. The fraction of sp³-hybridized carbons (Fsp3) is 0.0769. The third-order valence-electron chi connectivity index (χ3n) is 5.29. The number of nitrogens with zero attached hydrogens (tertiary/aromatic N) is 3. The molecule has 4 aromatic rings. The molecule has 1 N–H and O–H groups in total. The highest BCUT2D eigenvalue weighted by Gasteiger charge is 2.30. The highest BCUT2D eigenvalue weighted by atomic mass is 19.4. The molecule has 1 amide bonds. The van der Waals surface area contributed by atoms with E-state index in [-0.39, 0.29) is 16.6 Å². The van der Waals surface area contributed by atoms with Gasteiger partial charge in [0, 0.05) is 47.5 Å². The second-order valence-corrected chi connectivity index (χ2v) is 7.71. The van der Waals surface area contributed by atoms with Crippen molar-refractivity contribution in [2.45, 2.75) is 13.1 Å². The van der Waals surface area contributed by atoms with E-state index in [1.54, 1.807) is 35.0 Å². The first-order valence-corrected chi connectivity index (χ1v) is 10.3. The summed E-state index contributed by atoms with van der Waals surface area (Å²) in [5, 5.41) is 12.3. The van der Waals surface area contributed by atoms with E-state index in [9.17, 15) is 28.0 Å². The Morgan fingerprint density at radius 1 is 1.06 bits per heavy atom. The summed E-state index contributed by atoms with van der Waals surface area (Å²) in [5.41, 5.74) is 1.56. The largest absolute Gasteiger partial charge is 0.416 e. The van der Waals surface area contributed by atoms with E-state index in [4.69, 9.17) is 0 Å². The number of hydrogen-bond acceptors (Lipinski definition) is 4. The molecule has 0 spiro atoms. The van der Waals surface area contributed by atoms with Gasteiger partial charge in [0.15, 0.2) is 11.2 Å². The Bertz CT molecular complexity index is 1510. The zero-order valence-electron chi connectivity index (χ0n) is 18.3.